The molecule has 2 heterocycles. The van der Waals surface area contributed by atoms with Crippen LogP contribution < -0.4 is 0 Å². The first-order valence-electron chi connectivity index (χ1n) is 4.95. The van der Waals surface area contributed by atoms with Gasteiger partial charge in [0.1, 0.15) is 4.90 Å². The molecule has 0 saturated carbocycles. The van der Waals surface area contributed by atoms with Gasteiger partial charge in [-0.2, -0.15) is 9.40 Å². The van der Waals surface area contributed by atoms with Crippen LogP contribution in [0, 0.1) is 0 Å². The summed E-state index contributed by atoms with van der Waals surface area (Å²) in [5, 5.41) is 6.12. The van der Waals surface area contributed by atoms with E-state index in [1.165, 1.54) is 23.7 Å². The Hall–Kier alpha value is -1.73. The molecule has 0 aliphatic rings. The van der Waals surface area contributed by atoms with Crippen molar-refractivity contribution < 1.29 is 8.42 Å². The summed E-state index contributed by atoms with van der Waals surface area (Å²) in [6, 6.07) is 3.60. The number of H-pyrrole nitrogens is 1. The lowest BCUT2D eigenvalue weighted by atomic mass is 10.3. The van der Waals surface area contributed by atoms with Crippen LogP contribution in [0.3, 0.4) is 0 Å². The molecule has 7 heteroatoms. The number of hydrogen-bond acceptors (Lipinski definition) is 4. The van der Waals surface area contributed by atoms with Crippen LogP contribution in [0.4, 0.5) is 0 Å². The Balaban J connectivity index is 2.19. The maximum atomic E-state index is 12.0. The van der Waals surface area contributed by atoms with Crippen LogP contribution in [0.5, 0.6) is 0 Å². The second kappa shape index (κ2) is 4.64. The van der Waals surface area contributed by atoms with Gasteiger partial charge in [-0.3, -0.25) is 10.1 Å². The Morgan fingerprint density at radius 3 is 2.82 bits per heavy atom. The number of rotatable bonds is 4. The molecule has 2 aromatic rings. The molecule has 0 radical (unpaired) electrons. The largest absolute Gasteiger partial charge is 0.284 e. The summed E-state index contributed by atoms with van der Waals surface area (Å²) in [6.45, 7) is 0.279. The van der Waals surface area contributed by atoms with Crippen molar-refractivity contribution in [2.75, 3.05) is 7.05 Å². The van der Waals surface area contributed by atoms with Crippen molar-refractivity contribution in [1.82, 2.24) is 19.5 Å². The summed E-state index contributed by atoms with van der Waals surface area (Å²) in [4.78, 5) is 4.10. The molecule has 0 atom stereocenters. The van der Waals surface area contributed by atoms with Crippen LogP contribution in [0.1, 0.15) is 5.56 Å². The van der Waals surface area contributed by atoms with Gasteiger partial charge in [0.15, 0.2) is 0 Å². The summed E-state index contributed by atoms with van der Waals surface area (Å²) in [6.07, 6.45) is 5.93. The second-order valence-corrected chi connectivity index (χ2v) is 5.60. The fourth-order valence-electron chi connectivity index (χ4n) is 1.39. The molecule has 0 aliphatic carbocycles. The number of nitrogens with one attached hydrogen (secondary N) is 1. The number of pyridine rings is 1. The zero-order valence-electron chi connectivity index (χ0n) is 9.24. The SMILES string of the molecule is CN(Cc1cccnc1)S(=O)(=O)c1cn[nH]c1. The fraction of sp³-hybridized carbons (Fsp3) is 0.200. The van der Waals surface area contributed by atoms with Crippen LogP contribution >= 0.6 is 0 Å². The molecule has 0 unspecified atom stereocenters. The first-order valence-corrected chi connectivity index (χ1v) is 6.39. The van der Waals surface area contributed by atoms with E-state index in [4.69, 9.17) is 0 Å². The van der Waals surface area contributed by atoms with Gasteiger partial charge in [0.05, 0.1) is 6.20 Å². The molecule has 2 rings (SSSR count). The van der Waals surface area contributed by atoms with Crippen LogP contribution in [0.2, 0.25) is 0 Å². The van der Waals surface area contributed by atoms with E-state index >= 15 is 0 Å². The third-order valence-electron chi connectivity index (χ3n) is 2.31. The number of aromatic nitrogens is 3. The topological polar surface area (TPSA) is 79.0 Å². The lowest BCUT2D eigenvalue weighted by molar-refractivity contribution is 0.466. The van der Waals surface area contributed by atoms with Gasteiger partial charge in [0.2, 0.25) is 10.0 Å². The van der Waals surface area contributed by atoms with E-state index in [1.807, 2.05) is 6.07 Å². The molecule has 0 saturated heterocycles. The Morgan fingerprint density at radius 2 is 2.24 bits per heavy atom. The minimum absolute atomic E-state index is 0.156. The van der Waals surface area contributed by atoms with E-state index in [1.54, 1.807) is 18.5 Å². The van der Waals surface area contributed by atoms with Gasteiger partial charge in [-0.15, -0.1) is 0 Å². The average Bonchev–Trinajstić information content (AvgIpc) is 2.84. The number of aromatic amines is 1. The summed E-state index contributed by atoms with van der Waals surface area (Å²) < 4.78 is 25.3. The highest BCUT2D eigenvalue weighted by Crippen LogP contribution is 2.14. The monoisotopic (exact) mass is 252 g/mol. The predicted octanol–water partition coefficient (Wildman–Crippen LogP) is 0.625. The van der Waals surface area contributed by atoms with Gasteiger partial charge in [-0.05, 0) is 11.6 Å². The minimum atomic E-state index is -3.48. The molecule has 1 N–H and O–H groups in total. The van der Waals surface area contributed by atoms with Crippen molar-refractivity contribution in [3.63, 3.8) is 0 Å². The first kappa shape index (κ1) is 11.7. The van der Waals surface area contributed by atoms with Crippen LogP contribution in [0.25, 0.3) is 0 Å². The number of sulfonamides is 1. The molecular formula is C10H12N4O2S. The lowest BCUT2D eigenvalue weighted by Crippen LogP contribution is -2.26. The Labute approximate surface area is 99.4 Å². The third kappa shape index (κ3) is 2.51. The molecule has 0 bridgehead atoms. The second-order valence-electron chi connectivity index (χ2n) is 3.56. The highest BCUT2D eigenvalue weighted by molar-refractivity contribution is 7.89. The van der Waals surface area contributed by atoms with E-state index in [9.17, 15) is 8.42 Å². The van der Waals surface area contributed by atoms with Gasteiger partial charge in [-0.25, -0.2) is 8.42 Å². The maximum Gasteiger partial charge on any atom is 0.246 e. The van der Waals surface area contributed by atoms with Crippen LogP contribution in [0.15, 0.2) is 41.8 Å². The Bertz CT molecular complexity index is 566. The van der Waals surface area contributed by atoms with Gasteiger partial charge in [0, 0.05) is 32.2 Å². The molecule has 90 valence electrons. The van der Waals surface area contributed by atoms with E-state index in [0.717, 1.165) is 5.56 Å². The van der Waals surface area contributed by atoms with E-state index in [0.29, 0.717) is 0 Å². The van der Waals surface area contributed by atoms with Gasteiger partial charge >= 0.3 is 0 Å². The van der Waals surface area contributed by atoms with Gasteiger partial charge < -0.3 is 0 Å². The summed E-state index contributed by atoms with van der Waals surface area (Å²) in [5.74, 6) is 0. The standard InChI is InChI=1S/C10H12N4O2S/c1-14(8-9-3-2-4-11-5-9)17(15,16)10-6-12-13-7-10/h2-7H,8H2,1H3,(H,12,13). The summed E-state index contributed by atoms with van der Waals surface area (Å²) in [5.41, 5.74) is 0.835. The summed E-state index contributed by atoms with van der Waals surface area (Å²) in [7, 11) is -1.96. The van der Waals surface area contributed by atoms with Gasteiger partial charge in [0.25, 0.3) is 0 Å². The first-order chi connectivity index (χ1) is 8.10. The molecule has 0 aromatic carbocycles. The predicted molar refractivity (Wildman–Crippen MR) is 61.5 cm³/mol. The fourth-order valence-corrected chi connectivity index (χ4v) is 2.46. The molecule has 2 aromatic heterocycles. The smallest absolute Gasteiger partial charge is 0.246 e. The summed E-state index contributed by atoms with van der Waals surface area (Å²) >= 11 is 0. The van der Waals surface area contributed by atoms with E-state index in [2.05, 4.69) is 15.2 Å². The Morgan fingerprint density at radius 1 is 1.41 bits per heavy atom. The normalized spacial score (nSPS) is 11.9. The molecular weight excluding hydrogens is 240 g/mol. The van der Waals surface area contributed by atoms with Gasteiger partial charge in [-0.1, -0.05) is 6.07 Å². The lowest BCUT2D eigenvalue weighted by Gasteiger charge is -2.15. The van der Waals surface area contributed by atoms with E-state index < -0.39 is 10.0 Å². The maximum absolute atomic E-state index is 12.0. The van der Waals surface area contributed by atoms with Crippen molar-refractivity contribution >= 4 is 10.0 Å². The average molecular weight is 252 g/mol. The minimum Gasteiger partial charge on any atom is -0.284 e. The van der Waals surface area contributed by atoms with Crippen molar-refractivity contribution in [2.45, 2.75) is 11.4 Å². The highest BCUT2D eigenvalue weighted by atomic mass is 32.2. The molecule has 17 heavy (non-hydrogen) atoms. The molecule has 0 aliphatic heterocycles. The number of nitrogens with zero attached hydrogens (tertiary/aromatic N) is 3. The van der Waals surface area contributed by atoms with Crippen molar-refractivity contribution in [3.8, 4) is 0 Å². The third-order valence-corrected chi connectivity index (χ3v) is 4.08. The van der Waals surface area contributed by atoms with Crippen molar-refractivity contribution in [2.24, 2.45) is 0 Å². The highest BCUT2D eigenvalue weighted by Gasteiger charge is 2.21. The van der Waals surface area contributed by atoms with Crippen LogP contribution in [-0.4, -0.2) is 35.0 Å². The van der Waals surface area contributed by atoms with Crippen molar-refractivity contribution in [1.29, 1.82) is 0 Å². The van der Waals surface area contributed by atoms with Crippen LogP contribution in [-0.2, 0) is 16.6 Å². The molecule has 0 fully saturated rings. The quantitative estimate of drug-likeness (QED) is 0.865. The molecule has 0 amide bonds. The zero-order valence-corrected chi connectivity index (χ0v) is 10.1. The number of hydrogen-bond donors (Lipinski definition) is 1. The zero-order chi connectivity index (χ0) is 12.3. The van der Waals surface area contributed by atoms with Crippen molar-refractivity contribution in [3.05, 3.63) is 42.5 Å². The molecule has 6 nitrogen and oxygen atoms in total. The molecule has 0 spiro atoms. The van der Waals surface area contributed by atoms with E-state index in [-0.39, 0.29) is 11.4 Å². The Kier molecular flexibility index (Phi) is 3.21.